The van der Waals surface area contributed by atoms with Crippen molar-refractivity contribution in [3.63, 3.8) is 0 Å². The number of hydrogen-bond donors (Lipinski definition) is 2. The van der Waals surface area contributed by atoms with Gasteiger partial charge in [0.15, 0.2) is 0 Å². The Hall–Kier alpha value is -0.810. The van der Waals surface area contributed by atoms with Gasteiger partial charge in [0.05, 0.1) is 0 Å². The van der Waals surface area contributed by atoms with Gasteiger partial charge in [0.2, 0.25) is 0 Å². The van der Waals surface area contributed by atoms with E-state index in [0.29, 0.717) is 17.1 Å². The maximum Gasteiger partial charge on any atom is 0.147 e. The van der Waals surface area contributed by atoms with Crippen LogP contribution in [-0.2, 0) is 0 Å². The molecule has 0 aromatic carbocycles. The van der Waals surface area contributed by atoms with Crippen molar-refractivity contribution in [1.29, 1.82) is 0 Å². The van der Waals surface area contributed by atoms with Crippen LogP contribution in [-0.4, -0.2) is 15.2 Å². The number of nitrogens with two attached hydrogens (primary N) is 1. The number of anilines is 1. The smallest absolute Gasteiger partial charge is 0.147 e. The molecular weight excluding hydrogens is 232 g/mol. The molecule has 0 bridgehead atoms. The minimum Gasteiger partial charge on any atom is -0.308 e. The van der Waals surface area contributed by atoms with E-state index in [4.69, 9.17) is 5.84 Å². The fourth-order valence-corrected chi connectivity index (χ4v) is 2.61. The van der Waals surface area contributed by atoms with E-state index in [0.717, 1.165) is 16.4 Å². The summed E-state index contributed by atoms with van der Waals surface area (Å²) in [5.41, 5.74) is 3.76. The third-order valence-electron chi connectivity index (χ3n) is 2.80. The Bertz CT molecular complexity index is 366. The summed E-state index contributed by atoms with van der Waals surface area (Å²) < 4.78 is 0. The van der Waals surface area contributed by atoms with Gasteiger partial charge in [-0.15, -0.1) is 11.8 Å². The van der Waals surface area contributed by atoms with E-state index in [1.54, 1.807) is 18.1 Å². The Labute approximate surface area is 108 Å². The number of aromatic nitrogens is 2. The monoisotopic (exact) mass is 254 g/mol. The highest BCUT2D eigenvalue weighted by molar-refractivity contribution is 7.99. The Morgan fingerprint density at radius 2 is 1.82 bits per heavy atom. The fraction of sp³-hybridized carbons (Fsp3) is 0.667. The standard InChI is InChI=1S/C12H22N4S/c1-7(2)9(5)17-12-10(8(3)4)11(16-13)14-6-15-12/h6-9H,13H2,1-5H3,(H,14,15,16). The van der Waals surface area contributed by atoms with Gasteiger partial charge in [-0.2, -0.15) is 0 Å². The van der Waals surface area contributed by atoms with Crippen LogP contribution < -0.4 is 11.3 Å². The minimum atomic E-state index is 0.351. The van der Waals surface area contributed by atoms with Crippen molar-refractivity contribution in [2.24, 2.45) is 11.8 Å². The Morgan fingerprint density at radius 3 is 2.29 bits per heavy atom. The van der Waals surface area contributed by atoms with Crippen LogP contribution in [0.5, 0.6) is 0 Å². The van der Waals surface area contributed by atoms with E-state index in [2.05, 4.69) is 50.0 Å². The van der Waals surface area contributed by atoms with Gasteiger partial charge in [0.25, 0.3) is 0 Å². The van der Waals surface area contributed by atoms with Crippen molar-refractivity contribution < 1.29 is 0 Å². The summed E-state index contributed by atoms with van der Waals surface area (Å²) in [6, 6.07) is 0. The quantitative estimate of drug-likeness (QED) is 0.366. The van der Waals surface area contributed by atoms with Crippen LogP contribution >= 0.6 is 11.8 Å². The maximum absolute atomic E-state index is 5.50. The first kappa shape index (κ1) is 14.3. The maximum atomic E-state index is 5.50. The summed E-state index contributed by atoms with van der Waals surface area (Å²) in [4.78, 5) is 8.56. The number of nitrogens with one attached hydrogen (secondary N) is 1. The highest BCUT2D eigenvalue weighted by Crippen LogP contribution is 2.34. The van der Waals surface area contributed by atoms with E-state index in [-0.39, 0.29) is 0 Å². The lowest BCUT2D eigenvalue weighted by molar-refractivity contribution is 0.640. The predicted octanol–water partition coefficient (Wildman–Crippen LogP) is 3.02. The number of hydrogen-bond acceptors (Lipinski definition) is 5. The fourth-order valence-electron chi connectivity index (χ4n) is 1.42. The van der Waals surface area contributed by atoms with Crippen molar-refractivity contribution in [2.45, 2.75) is 50.8 Å². The molecule has 1 atom stereocenters. The van der Waals surface area contributed by atoms with E-state index in [9.17, 15) is 0 Å². The number of thioether (sulfide) groups is 1. The molecule has 0 aliphatic carbocycles. The van der Waals surface area contributed by atoms with Crippen LogP contribution in [0.1, 0.15) is 46.1 Å². The highest BCUT2D eigenvalue weighted by Gasteiger charge is 2.18. The normalized spacial score (nSPS) is 13.2. The largest absolute Gasteiger partial charge is 0.308 e. The van der Waals surface area contributed by atoms with Crippen molar-refractivity contribution in [3.8, 4) is 0 Å². The zero-order chi connectivity index (χ0) is 13.0. The second-order valence-electron chi connectivity index (χ2n) is 4.81. The first-order chi connectivity index (χ1) is 7.97. The van der Waals surface area contributed by atoms with Gasteiger partial charge in [-0.3, -0.25) is 0 Å². The molecule has 1 aromatic rings. The van der Waals surface area contributed by atoms with Crippen molar-refractivity contribution >= 4 is 17.6 Å². The van der Waals surface area contributed by atoms with Gasteiger partial charge in [0.1, 0.15) is 17.2 Å². The van der Waals surface area contributed by atoms with E-state index in [1.165, 1.54) is 0 Å². The summed E-state index contributed by atoms with van der Waals surface area (Å²) in [5, 5.41) is 1.55. The summed E-state index contributed by atoms with van der Waals surface area (Å²) >= 11 is 1.79. The van der Waals surface area contributed by atoms with E-state index in [1.807, 2.05) is 0 Å². The van der Waals surface area contributed by atoms with Crippen LogP contribution in [0, 0.1) is 5.92 Å². The molecule has 0 spiro atoms. The molecule has 17 heavy (non-hydrogen) atoms. The first-order valence-corrected chi connectivity index (χ1v) is 6.83. The van der Waals surface area contributed by atoms with Crippen LogP contribution in [0.3, 0.4) is 0 Å². The van der Waals surface area contributed by atoms with Crippen LogP contribution in [0.4, 0.5) is 5.82 Å². The molecule has 0 saturated carbocycles. The molecule has 0 aliphatic heterocycles. The van der Waals surface area contributed by atoms with Gasteiger partial charge in [-0.05, 0) is 11.8 Å². The predicted molar refractivity (Wildman–Crippen MR) is 74.1 cm³/mol. The average molecular weight is 254 g/mol. The molecule has 0 amide bonds. The van der Waals surface area contributed by atoms with E-state index >= 15 is 0 Å². The topological polar surface area (TPSA) is 63.8 Å². The highest BCUT2D eigenvalue weighted by atomic mass is 32.2. The summed E-state index contributed by atoms with van der Waals surface area (Å²) in [6.07, 6.45) is 1.57. The molecule has 0 radical (unpaired) electrons. The molecule has 1 unspecified atom stereocenters. The molecule has 1 heterocycles. The number of nitrogens with zero attached hydrogens (tertiary/aromatic N) is 2. The van der Waals surface area contributed by atoms with E-state index < -0.39 is 0 Å². The summed E-state index contributed by atoms with van der Waals surface area (Å²) in [6.45, 7) is 10.9. The van der Waals surface area contributed by atoms with Crippen molar-refractivity contribution in [2.75, 3.05) is 5.43 Å². The summed E-state index contributed by atoms with van der Waals surface area (Å²) in [7, 11) is 0. The molecule has 3 N–H and O–H groups in total. The third kappa shape index (κ3) is 3.57. The van der Waals surface area contributed by atoms with Crippen LogP contribution in [0.15, 0.2) is 11.4 Å². The van der Waals surface area contributed by atoms with Gasteiger partial charge in [-0.25, -0.2) is 15.8 Å². The lowest BCUT2D eigenvalue weighted by Crippen LogP contribution is -2.14. The summed E-state index contributed by atoms with van der Waals surface area (Å²) in [5.74, 6) is 7.19. The third-order valence-corrected chi connectivity index (χ3v) is 4.26. The second kappa shape index (κ2) is 6.21. The first-order valence-electron chi connectivity index (χ1n) is 5.95. The lowest BCUT2D eigenvalue weighted by Gasteiger charge is -2.19. The molecule has 96 valence electrons. The van der Waals surface area contributed by atoms with Gasteiger partial charge < -0.3 is 5.43 Å². The molecular formula is C12H22N4S. The average Bonchev–Trinajstić information content (AvgIpc) is 2.27. The molecule has 5 heteroatoms. The second-order valence-corrected chi connectivity index (χ2v) is 6.17. The van der Waals surface area contributed by atoms with Gasteiger partial charge in [0, 0.05) is 10.8 Å². The Morgan fingerprint density at radius 1 is 1.18 bits per heavy atom. The van der Waals surface area contributed by atoms with Crippen molar-refractivity contribution in [1.82, 2.24) is 9.97 Å². The zero-order valence-corrected chi connectivity index (χ0v) is 12.0. The molecule has 1 rings (SSSR count). The molecule has 0 fully saturated rings. The molecule has 0 saturated heterocycles. The SMILES string of the molecule is CC(C)c1c(NN)ncnc1SC(C)C(C)C. The zero-order valence-electron chi connectivity index (χ0n) is 11.2. The van der Waals surface area contributed by atoms with Gasteiger partial charge >= 0.3 is 0 Å². The Balaban J connectivity index is 3.06. The minimum absolute atomic E-state index is 0.351. The molecule has 1 aromatic heterocycles. The van der Waals surface area contributed by atoms with Crippen LogP contribution in [0.25, 0.3) is 0 Å². The molecule has 0 aliphatic rings. The van der Waals surface area contributed by atoms with Crippen molar-refractivity contribution in [3.05, 3.63) is 11.9 Å². The van der Waals surface area contributed by atoms with Crippen LogP contribution in [0.2, 0.25) is 0 Å². The lowest BCUT2D eigenvalue weighted by atomic mass is 10.1. The Kier molecular flexibility index (Phi) is 5.21. The number of nitrogen functional groups attached to an aromatic ring is 1. The molecule has 4 nitrogen and oxygen atoms in total. The van der Waals surface area contributed by atoms with Gasteiger partial charge in [-0.1, -0.05) is 34.6 Å². The number of hydrazine groups is 1. The number of rotatable bonds is 5.